The van der Waals surface area contributed by atoms with E-state index in [0.29, 0.717) is 33.4 Å². The molecule has 2 aromatic carbocycles. The van der Waals surface area contributed by atoms with Crippen molar-refractivity contribution in [3.05, 3.63) is 82.5 Å². The SMILES string of the molecule is CCOC(=O)c1cc(C2CC2)ccc1NC(=O)c1ccc(-c2ccccc2Cl)nc1. The highest BCUT2D eigenvalue weighted by Gasteiger charge is 2.26. The lowest BCUT2D eigenvalue weighted by Gasteiger charge is -2.12. The number of nitrogens with zero attached hydrogens (tertiary/aromatic N) is 1. The molecule has 1 heterocycles. The first-order valence-electron chi connectivity index (χ1n) is 9.90. The summed E-state index contributed by atoms with van der Waals surface area (Å²) in [6.07, 6.45) is 3.74. The van der Waals surface area contributed by atoms with Crippen LogP contribution in [0.5, 0.6) is 0 Å². The maximum absolute atomic E-state index is 12.8. The van der Waals surface area contributed by atoms with Crippen molar-refractivity contribution in [1.29, 1.82) is 0 Å². The smallest absolute Gasteiger partial charge is 0.340 e. The van der Waals surface area contributed by atoms with E-state index in [1.54, 1.807) is 31.2 Å². The normalized spacial score (nSPS) is 13.0. The summed E-state index contributed by atoms with van der Waals surface area (Å²) in [5.41, 5.74) is 3.76. The minimum Gasteiger partial charge on any atom is -0.462 e. The minimum absolute atomic E-state index is 0.271. The topological polar surface area (TPSA) is 68.3 Å². The molecular formula is C24H21ClN2O3. The quantitative estimate of drug-likeness (QED) is 0.518. The molecule has 0 atom stereocenters. The first kappa shape index (κ1) is 20.1. The number of esters is 1. The second-order valence-electron chi connectivity index (χ2n) is 7.17. The van der Waals surface area contributed by atoms with Gasteiger partial charge < -0.3 is 10.1 Å². The van der Waals surface area contributed by atoms with Gasteiger partial charge in [-0.2, -0.15) is 0 Å². The van der Waals surface area contributed by atoms with Gasteiger partial charge in [0.25, 0.3) is 5.91 Å². The molecule has 0 bridgehead atoms. The van der Waals surface area contributed by atoms with Gasteiger partial charge in [-0.1, -0.05) is 35.9 Å². The molecule has 1 aliphatic rings. The Morgan fingerprint density at radius 2 is 1.93 bits per heavy atom. The largest absolute Gasteiger partial charge is 0.462 e. The van der Waals surface area contributed by atoms with Crippen LogP contribution in [0.3, 0.4) is 0 Å². The van der Waals surface area contributed by atoms with Crippen molar-refractivity contribution in [2.45, 2.75) is 25.7 Å². The molecule has 5 nitrogen and oxygen atoms in total. The van der Waals surface area contributed by atoms with E-state index in [1.165, 1.54) is 6.20 Å². The molecule has 1 fully saturated rings. The van der Waals surface area contributed by atoms with Gasteiger partial charge in [-0.25, -0.2) is 4.79 Å². The van der Waals surface area contributed by atoms with Gasteiger partial charge in [0.1, 0.15) is 0 Å². The zero-order valence-electron chi connectivity index (χ0n) is 16.5. The molecule has 0 spiro atoms. The number of ether oxygens (including phenoxy) is 1. The Labute approximate surface area is 180 Å². The van der Waals surface area contributed by atoms with Crippen molar-refractivity contribution >= 4 is 29.2 Å². The molecule has 0 radical (unpaired) electrons. The van der Waals surface area contributed by atoms with E-state index in [0.717, 1.165) is 24.0 Å². The van der Waals surface area contributed by atoms with E-state index in [1.807, 2.05) is 30.3 Å². The average molecular weight is 421 g/mol. The summed E-state index contributed by atoms with van der Waals surface area (Å²) in [7, 11) is 0. The zero-order valence-corrected chi connectivity index (χ0v) is 17.3. The number of rotatable bonds is 6. The van der Waals surface area contributed by atoms with Gasteiger partial charge in [0, 0.05) is 16.8 Å². The summed E-state index contributed by atoms with van der Waals surface area (Å²) in [6, 6.07) is 16.4. The van der Waals surface area contributed by atoms with Gasteiger partial charge >= 0.3 is 5.97 Å². The predicted molar refractivity (Wildman–Crippen MR) is 117 cm³/mol. The maximum Gasteiger partial charge on any atom is 0.340 e. The number of carbonyl (C=O) groups excluding carboxylic acids is 2. The fourth-order valence-electron chi connectivity index (χ4n) is 3.27. The third-order valence-electron chi connectivity index (χ3n) is 5.01. The molecule has 0 aliphatic heterocycles. The molecule has 1 aliphatic carbocycles. The predicted octanol–water partition coefficient (Wildman–Crippen LogP) is 5.71. The summed E-state index contributed by atoms with van der Waals surface area (Å²) in [6.45, 7) is 2.03. The lowest BCUT2D eigenvalue weighted by Crippen LogP contribution is -2.16. The average Bonchev–Trinajstić information content (AvgIpc) is 3.60. The summed E-state index contributed by atoms with van der Waals surface area (Å²) in [4.78, 5) is 29.5. The minimum atomic E-state index is -0.442. The van der Waals surface area contributed by atoms with Crippen molar-refractivity contribution in [2.75, 3.05) is 11.9 Å². The number of halogens is 1. The highest BCUT2D eigenvalue weighted by atomic mass is 35.5. The van der Waals surface area contributed by atoms with E-state index >= 15 is 0 Å². The van der Waals surface area contributed by atoms with E-state index in [-0.39, 0.29) is 12.5 Å². The molecule has 152 valence electrons. The second-order valence-corrected chi connectivity index (χ2v) is 7.57. The molecule has 1 amide bonds. The number of aromatic nitrogens is 1. The maximum atomic E-state index is 12.8. The van der Waals surface area contributed by atoms with Gasteiger partial charge in [0.2, 0.25) is 0 Å². The van der Waals surface area contributed by atoms with Crippen molar-refractivity contribution in [1.82, 2.24) is 4.98 Å². The van der Waals surface area contributed by atoms with Crippen LogP contribution in [0.4, 0.5) is 5.69 Å². The van der Waals surface area contributed by atoms with E-state index < -0.39 is 5.97 Å². The van der Waals surface area contributed by atoms with E-state index in [4.69, 9.17) is 16.3 Å². The van der Waals surface area contributed by atoms with Crippen LogP contribution in [0.25, 0.3) is 11.3 Å². The molecule has 0 saturated heterocycles. The highest BCUT2D eigenvalue weighted by molar-refractivity contribution is 6.33. The number of nitrogens with one attached hydrogen (secondary N) is 1. The van der Waals surface area contributed by atoms with Crippen LogP contribution >= 0.6 is 11.6 Å². The standard InChI is InChI=1S/C24H21ClN2O3/c1-2-30-24(29)19-13-16(15-7-8-15)9-12-22(19)27-23(28)17-10-11-21(26-14-17)18-5-3-4-6-20(18)25/h3-6,9-15H,2,7-8H2,1H3,(H,27,28). The van der Waals surface area contributed by atoms with E-state index in [9.17, 15) is 9.59 Å². The van der Waals surface area contributed by atoms with Crippen LogP contribution in [-0.2, 0) is 4.74 Å². The van der Waals surface area contributed by atoms with Gasteiger partial charge in [-0.3, -0.25) is 9.78 Å². The van der Waals surface area contributed by atoms with Crippen LogP contribution < -0.4 is 5.32 Å². The summed E-state index contributed by atoms with van der Waals surface area (Å²) in [5.74, 6) is -0.301. The molecule has 0 unspecified atom stereocenters. The van der Waals surface area contributed by atoms with Crippen LogP contribution in [0.15, 0.2) is 60.8 Å². The molecule has 1 aromatic heterocycles. The van der Waals surface area contributed by atoms with Crippen molar-refractivity contribution < 1.29 is 14.3 Å². The highest BCUT2D eigenvalue weighted by Crippen LogP contribution is 2.41. The number of anilines is 1. The Hall–Kier alpha value is -3.18. The van der Waals surface area contributed by atoms with Gasteiger partial charge in [0.15, 0.2) is 0 Å². The third kappa shape index (κ3) is 4.36. The fraction of sp³-hybridized carbons (Fsp3) is 0.208. The number of carbonyl (C=O) groups is 2. The monoisotopic (exact) mass is 420 g/mol. The lowest BCUT2D eigenvalue weighted by molar-refractivity contribution is 0.0527. The Morgan fingerprint density at radius 1 is 1.13 bits per heavy atom. The van der Waals surface area contributed by atoms with Crippen LogP contribution in [0, 0.1) is 0 Å². The van der Waals surface area contributed by atoms with Gasteiger partial charge in [-0.05, 0) is 61.6 Å². The lowest BCUT2D eigenvalue weighted by atomic mass is 10.0. The summed E-state index contributed by atoms with van der Waals surface area (Å²) < 4.78 is 5.17. The first-order chi connectivity index (χ1) is 14.6. The molecule has 6 heteroatoms. The second kappa shape index (κ2) is 8.67. The van der Waals surface area contributed by atoms with Gasteiger partial charge in [-0.15, -0.1) is 0 Å². The summed E-state index contributed by atoms with van der Waals surface area (Å²) >= 11 is 6.22. The van der Waals surface area contributed by atoms with Crippen LogP contribution in [0.2, 0.25) is 5.02 Å². The zero-order chi connectivity index (χ0) is 21.1. The Bertz CT molecular complexity index is 1090. The third-order valence-corrected chi connectivity index (χ3v) is 5.34. The molecule has 1 N–H and O–H groups in total. The van der Waals surface area contributed by atoms with Crippen molar-refractivity contribution in [3.63, 3.8) is 0 Å². The van der Waals surface area contributed by atoms with Crippen molar-refractivity contribution in [2.24, 2.45) is 0 Å². The molecule has 30 heavy (non-hydrogen) atoms. The molecule has 1 saturated carbocycles. The molecule has 4 rings (SSSR count). The summed E-state index contributed by atoms with van der Waals surface area (Å²) in [5, 5.41) is 3.41. The molecule has 3 aromatic rings. The Balaban J connectivity index is 1.56. The van der Waals surface area contributed by atoms with E-state index in [2.05, 4.69) is 10.3 Å². The van der Waals surface area contributed by atoms with Gasteiger partial charge in [0.05, 0.1) is 29.1 Å². The first-order valence-corrected chi connectivity index (χ1v) is 10.3. The Morgan fingerprint density at radius 3 is 2.60 bits per heavy atom. The van der Waals surface area contributed by atoms with Crippen molar-refractivity contribution in [3.8, 4) is 11.3 Å². The molecular weight excluding hydrogens is 400 g/mol. The Kier molecular flexibility index (Phi) is 5.81. The number of pyridine rings is 1. The number of hydrogen-bond acceptors (Lipinski definition) is 4. The van der Waals surface area contributed by atoms with Crippen LogP contribution in [-0.4, -0.2) is 23.5 Å². The fourth-order valence-corrected chi connectivity index (χ4v) is 3.50. The number of benzene rings is 2. The van der Waals surface area contributed by atoms with Crippen LogP contribution in [0.1, 0.15) is 52.0 Å². The number of amides is 1. The number of hydrogen-bond donors (Lipinski definition) is 1.